The van der Waals surface area contributed by atoms with E-state index < -0.39 is 4.92 Å². The van der Waals surface area contributed by atoms with Gasteiger partial charge in [0.1, 0.15) is 5.69 Å². The molecule has 1 fully saturated rings. The van der Waals surface area contributed by atoms with Crippen LogP contribution in [0.25, 0.3) is 0 Å². The summed E-state index contributed by atoms with van der Waals surface area (Å²) >= 11 is 6.00. The van der Waals surface area contributed by atoms with E-state index >= 15 is 0 Å². The fourth-order valence-electron chi connectivity index (χ4n) is 2.50. The molecule has 104 valence electrons. The Morgan fingerprint density at radius 2 is 2.16 bits per heavy atom. The van der Waals surface area contributed by atoms with E-state index in [1.54, 1.807) is 12.1 Å². The third-order valence-corrected chi connectivity index (χ3v) is 3.91. The minimum absolute atomic E-state index is 0.0298. The highest BCUT2D eigenvalue weighted by atomic mass is 35.5. The maximum Gasteiger partial charge on any atom is 0.293 e. The Balaban J connectivity index is 2.08. The number of rotatable bonds is 4. The van der Waals surface area contributed by atoms with Crippen LogP contribution in [0.15, 0.2) is 18.2 Å². The summed E-state index contributed by atoms with van der Waals surface area (Å²) in [5.41, 5.74) is 0.310. The van der Waals surface area contributed by atoms with Crippen molar-refractivity contribution < 1.29 is 10.0 Å². The molecule has 2 rings (SSSR count). The molecule has 6 heteroatoms. The highest BCUT2D eigenvalue weighted by Gasteiger charge is 2.24. The molecule has 19 heavy (non-hydrogen) atoms. The monoisotopic (exact) mass is 284 g/mol. The number of anilines is 1. The molecule has 0 spiro atoms. The normalized spacial score (nSPS) is 23.1. The lowest BCUT2D eigenvalue weighted by Gasteiger charge is -2.28. The predicted molar refractivity (Wildman–Crippen MR) is 74.6 cm³/mol. The van der Waals surface area contributed by atoms with Crippen molar-refractivity contribution in [2.75, 3.05) is 11.9 Å². The van der Waals surface area contributed by atoms with Crippen molar-refractivity contribution in [3.8, 4) is 0 Å². The molecule has 2 unspecified atom stereocenters. The second-order valence-corrected chi connectivity index (χ2v) is 5.29. The Morgan fingerprint density at radius 3 is 2.84 bits per heavy atom. The van der Waals surface area contributed by atoms with Gasteiger partial charge in [-0.2, -0.15) is 0 Å². The summed E-state index contributed by atoms with van der Waals surface area (Å²) in [5.74, 6) is 0.129. The first-order chi connectivity index (χ1) is 9.09. The number of hydrogen-bond acceptors (Lipinski definition) is 4. The van der Waals surface area contributed by atoms with E-state index in [1.807, 2.05) is 0 Å². The van der Waals surface area contributed by atoms with E-state index in [9.17, 15) is 15.2 Å². The highest BCUT2D eigenvalue weighted by Crippen LogP contribution is 2.33. The maximum atomic E-state index is 10.9. The van der Waals surface area contributed by atoms with Crippen molar-refractivity contribution in [2.24, 2.45) is 5.92 Å². The number of aliphatic hydroxyl groups excluding tert-OH is 1. The Kier molecular flexibility index (Phi) is 4.61. The van der Waals surface area contributed by atoms with Crippen molar-refractivity contribution in [2.45, 2.75) is 31.8 Å². The molecule has 1 aliphatic carbocycles. The quantitative estimate of drug-likeness (QED) is 0.657. The number of benzene rings is 1. The third kappa shape index (κ3) is 3.36. The molecule has 0 heterocycles. The smallest absolute Gasteiger partial charge is 0.293 e. The third-order valence-electron chi connectivity index (χ3n) is 3.60. The van der Waals surface area contributed by atoms with E-state index in [-0.39, 0.29) is 17.7 Å². The van der Waals surface area contributed by atoms with Crippen LogP contribution in [-0.2, 0) is 0 Å². The van der Waals surface area contributed by atoms with Gasteiger partial charge in [-0.25, -0.2) is 0 Å². The number of nitrogens with one attached hydrogen (secondary N) is 1. The number of para-hydroxylation sites is 1. The number of nitro benzene ring substituents is 1. The summed E-state index contributed by atoms with van der Waals surface area (Å²) in [5, 5.41) is 24.2. The first-order valence-electron chi connectivity index (χ1n) is 6.44. The molecule has 1 aliphatic rings. The SMILES string of the molecule is O=[N+]([O-])c1cccc(Cl)c1NCC1CCCCC1O. The Hall–Kier alpha value is -1.33. The molecular formula is C13H17ClN2O3. The molecule has 0 aromatic heterocycles. The van der Waals surface area contributed by atoms with Crippen LogP contribution in [0.5, 0.6) is 0 Å². The maximum absolute atomic E-state index is 10.9. The van der Waals surface area contributed by atoms with Gasteiger partial charge in [-0.1, -0.05) is 30.5 Å². The molecule has 0 bridgehead atoms. The molecular weight excluding hydrogens is 268 g/mol. The van der Waals surface area contributed by atoms with Crippen LogP contribution in [0.1, 0.15) is 25.7 Å². The minimum atomic E-state index is -0.453. The minimum Gasteiger partial charge on any atom is -0.393 e. The van der Waals surface area contributed by atoms with Gasteiger partial charge in [-0.3, -0.25) is 10.1 Å². The van der Waals surface area contributed by atoms with Crippen LogP contribution in [0.4, 0.5) is 11.4 Å². The Bertz CT molecular complexity index is 467. The topological polar surface area (TPSA) is 75.4 Å². The lowest BCUT2D eigenvalue weighted by molar-refractivity contribution is -0.384. The van der Waals surface area contributed by atoms with Crippen LogP contribution in [0.3, 0.4) is 0 Å². The summed E-state index contributed by atoms with van der Waals surface area (Å²) in [7, 11) is 0. The highest BCUT2D eigenvalue weighted by molar-refractivity contribution is 6.33. The van der Waals surface area contributed by atoms with Crippen molar-refractivity contribution >= 4 is 23.0 Å². The Morgan fingerprint density at radius 1 is 1.42 bits per heavy atom. The molecule has 0 amide bonds. The molecule has 5 nitrogen and oxygen atoms in total. The first kappa shape index (κ1) is 14.1. The molecule has 0 aliphatic heterocycles. The fourth-order valence-corrected chi connectivity index (χ4v) is 2.74. The zero-order chi connectivity index (χ0) is 13.8. The largest absolute Gasteiger partial charge is 0.393 e. The van der Waals surface area contributed by atoms with Crippen LogP contribution in [-0.4, -0.2) is 22.7 Å². The second-order valence-electron chi connectivity index (χ2n) is 4.88. The molecule has 2 N–H and O–H groups in total. The van der Waals surface area contributed by atoms with Crippen LogP contribution >= 0.6 is 11.6 Å². The van der Waals surface area contributed by atoms with Gasteiger partial charge in [-0.05, 0) is 18.9 Å². The molecule has 0 saturated heterocycles. The van der Waals surface area contributed by atoms with Crippen molar-refractivity contribution in [1.82, 2.24) is 0 Å². The average molecular weight is 285 g/mol. The zero-order valence-corrected chi connectivity index (χ0v) is 11.3. The van der Waals surface area contributed by atoms with E-state index in [4.69, 9.17) is 11.6 Å². The molecule has 1 saturated carbocycles. The molecule has 1 aromatic rings. The standard InChI is InChI=1S/C13H17ClN2O3/c14-10-5-3-6-11(16(18)19)13(10)15-8-9-4-1-2-7-12(9)17/h3,5-6,9,12,15,17H,1-2,4,7-8H2. The van der Waals surface area contributed by atoms with Gasteiger partial charge in [0, 0.05) is 18.5 Å². The summed E-state index contributed by atoms with van der Waals surface area (Å²) in [6.07, 6.45) is 3.55. The molecule has 1 aromatic carbocycles. The number of nitrogens with zero attached hydrogens (tertiary/aromatic N) is 1. The molecule has 0 radical (unpaired) electrons. The van der Waals surface area contributed by atoms with Crippen LogP contribution < -0.4 is 5.32 Å². The predicted octanol–water partition coefficient (Wildman–Crippen LogP) is 3.21. The van der Waals surface area contributed by atoms with Gasteiger partial charge >= 0.3 is 0 Å². The van der Waals surface area contributed by atoms with Crippen LogP contribution in [0, 0.1) is 16.0 Å². The van der Waals surface area contributed by atoms with Gasteiger partial charge in [-0.15, -0.1) is 0 Å². The van der Waals surface area contributed by atoms with Crippen molar-refractivity contribution in [3.05, 3.63) is 33.3 Å². The zero-order valence-electron chi connectivity index (χ0n) is 10.5. The van der Waals surface area contributed by atoms with E-state index in [0.29, 0.717) is 17.3 Å². The first-order valence-corrected chi connectivity index (χ1v) is 6.82. The summed E-state index contributed by atoms with van der Waals surface area (Å²) < 4.78 is 0. The second kappa shape index (κ2) is 6.21. The van der Waals surface area contributed by atoms with Crippen molar-refractivity contribution in [1.29, 1.82) is 0 Å². The number of aliphatic hydroxyl groups is 1. The van der Waals surface area contributed by atoms with Gasteiger partial charge in [0.25, 0.3) is 5.69 Å². The summed E-state index contributed by atoms with van der Waals surface area (Å²) in [6.45, 7) is 0.506. The van der Waals surface area contributed by atoms with Gasteiger partial charge < -0.3 is 10.4 Å². The van der Waals surface area contributed by atoms with Crippen LogP contribution in [0.2, 0.25) is 5.02 Å². The molecule has 2 atom stereocenters. The lowest BCUT2D eigenvalue weighted by Crippen LogP contribution is -2.30. The van der Waals surface area contributed by atoms with Gasteiger partial charge in [0.05, 0.1) is 16.0 Å². The lowest BCUT2D eigenvalue weighted by atomic mass is 9.86. The van der Waals surface area contributed by atoms with E-state index in [1.165, 1.54) is 6.07 Å². The number of nitro groups is 1. The fraction of sp³-hybridized carbons (Fsp3) is 0.538. The average Bonchev–Trinajstić information content (AvgIpc) is 2.38. The van der Waals surface area contributed by atoms with Crippen molar-refractivity contribution in [3.63, 3.8) is 0 Å². The Labute approximate surface area is 116 Å². The summed E-state index contributed by atoms with van der Waals surface area (Å²) in [6, 6.07) is 4.60. The number of halogens is 1. The van der Waals surface area contributed by atoms with E-state index in [2.05, 4.69) is 5.32 Å². The van der Waals surface area contributed by atoms with Gasteiger partial charge in [0.15, 0.2) is 0 Å². The number of hydrogen-bond donors (Lipinski definition) is 2. The van der Waals surface area contributed by atoms with Gasteiger partial charge in [0.2, 0.25) is 0 Å². The van der Waals surface area contributed by atoms with E-state index in [0.717, 1.165) is 25.7 Å². The summed E-state index contributed by atoms with van der Waals surface area (Å²) in [4.78, 5) is 10.5.